The summed E-state index contributed by atoms with van der Waals surface area (Å²) in [6.07, 6.45) is 7.44. The number of carboxylic acids is 1. The molecule has 0 aromatic heterocycles. The molecule has 1 aromatic carbocycles. The lowest BCUT2D eigenvalue weighted by molar-refractivity contribution is -0.384. The van der Waals surface area contributed by atoms with Crippen LogP contribution in [0.1, 0.15) is 50.5 Å². The minimum absolute atomic E-state index is 0.0706. The molecule has 0 spiro atoms. The largest absolute Gasteiger partial charge is 0.481 e. The number of nitrogens with one attached hydrogen (secondary N) is 1. The number of hydrogen-bond donors (Lipinski definition) is 2. The van der Waals surface area contributed by atoms with Crippen molar-refractivity contribution in [3.05, 3.63) is 65.3 Å². The van der Waals surface area contributed by atoms with E-state index >= 15 is 0 Å². The van der Waals surface area contributed by atoms with Crippen molar-refractivity contribution in [2.24, 2.45) is 5.92 Å². The molecule has 0 saturated heterocycles. The quantitative estimate of drug-likeness (QED) is 0.153. The van der Waals surface area contributed by atoms with E-state index in [1.807, 2.05) is 6.08 Å². The van der Waals surface area contributed by atoms with Crippen LogP contribution in [0.2, 0.25) is 0 Å². The molecule has 0 heterocycles. The van der Waals surface area contributed by atoms with Gasteiger partial charge in [0.1, 0.15) is 6.04 Å². The molecule has 2 atom stereocenters. The molecule has 186 valence electrons. The predicted octanol–water partition coefficient (Wildman–Crippen LogP) is 3.88. The minimum atomic E-state index is -1.09. The van der Waals surface area contributed by atoms with E-state index < -0.39 is 28.8 Å². The molecule has 0 bridgehead atoms. The first kappa shape index (κ1) is 28.5. The Morgan fingerprint density at radius 1 is 1.12 bits per heavy atom. The molecule has 0 aliphatic heterocycles. The third kappa shape index (κ3) is 10.4. The summed E-state index contributed by atoms with van der Waals surface area (Å²) in [6.45, 7) is 7.82. The fourth-order valence-electron chi connectivity index (χ4n) is 3.54. The zero-order valence-corrected chi connectivity index (χ0v) is 19.8. The summed E-state index contributed by atoms with van der Waals surface area (Å²) in [6, 6.07) is 4.87. The van der Waals surface area contributed by atoms with Crippen molar-refractivity contribution in [2.45, 2.75) is 57.4 Å². The number of rotatable bonds is 17. The Morgan fingerprint density at radius 2 is 1.74 bits per heavy atom. The maximum Gasteiger partial charge on any atom is 0.304 e. The Labute approximate surface area is 200 Å². The number of likely N-dealkylation sites (N-methyl/N-ethyl adjacent to an activating group) is 1. The van der Waals surface area contributed by atoms with E-state index in [-0.39, 0.29) is 24.4 Å². The summed E-state index contributed by atoms with van der Waals surface area (Å²) in [5.41, 5.74) is 0.574. The SMILES string of the molecule is C=CCCCCN(C)C(=O)[C@H](Cc1ccc([N+](=O)[O-])cc1)NC(=O)[C@H](CCCC=C)CC(=O)O. The first-order valence-corrected chi connectivity index (χ1v) is 11.4. The molecule has 0 aliphatic carbocycles. The van der Waals surface area contributed by atoms with Gasteiger partial charge in [-0.25, -0.2) is 0 Å². The van der Waals surface area contributed by atoms with Gasteiger partial charge in [-0.15, -0.1) is 13.2 Å². The van der Waals surface area contributed by atoms with Crippen LogP contribution in [0.25, 0.3) is 0 Å². The summed E-state index contributed by atoms with van der Waals surface area (Å²) in [5.74, 6) is -2.66. The lowest BCUT2D eigenvalue weighted by Gasteiger charge is -2.26. The average molecular weight is 474 g/mol. The van der Waals surface area contributed by atoms with E-state index in [0.717, 1.165) is 19.3 Å². The number of non-ortho nitro benzene ring substituents is 1. The van der Waals surface area contributed by atoms with Crippen molar-refractivity contribution in [3.8, 4) is 0 Å². The molecule has 0 aliphatic rings. The van der Waals surface area contributed by atoms with Crippen molar-refractivity contribution in [1.29, 1.82) is 0 Å². The van der Waals surface area contributed by atoms with Gasteiger partial charge < -0.3 is 15.3 Å². The van der Waals surface area contributed by atoms with Crippen molar-refractivity contribution >= 4 is 23.5 Å². The number of carboxylic acid groups (broad SMARTS) is 1. The highest BCUT2D eigenvalue weighted by Gasteiger charge is 2.29. The van der Waals surface area contributed by atoms with Gasteiger partial charge in [-0.3, -0.25) is 24.5 Å². The van der Waals surface area contributed by atoms with Crippen LogP contribution in [0.15, 0.2) is 49.6 Å². The summed E-state index contributed by atoms with van der Waals surface area (Å²) in [4.78, 5) is 49.4. The number of carbonyl (C=O) groups excluding carboxylic acids is 2. The Hall–Kier alpha value is -3.49. The van der Waals surface area contributed by atoms with Gasteiger partial charge >= 0.3 is 5.97 Å². The Bertz CT molecular complexity index is 853. The lowest BCUT2D eigenvalue weighted by Crippen LogP contribution is -2.50. The smallest absolute Gasteiger partial charge is 0.304 e. The number of unbranched alkanes of at least 4 members (excludes halogenated alkanes) is 3. The first-order valence-electron chi connectivity index (χ1n) is 11.4. The maximum atomic E-state index is 13.2. The topological polar surface area (TPSA) is 130 Å². The number of nitro benzene ring substituents is 1. The van der Waals surface area contributed by atoms with Gasteiger partial charge in [0.05, 0.1) is 11.3 Å². The van der Waals surface area contributed by atoms with Gasteiger partial charge in [-0.2, -0.15) is 0 Å². The van der Waals surface area contributed by atoms with Gasteiger partial charge in [0.15, 0.2) is 0 Å². The van der Waals surface area contributed by atoms with Gasteiger partial charge in [-0.1, -0.05) is 24.3 Å². The van der Waals surface area contributed by atoms with Gasteiger partial charge in [0, 0.05) is 38.1 Å². The van der Waals surface area contributed by atoms with Crippen LogP contribution in [-0.4, -0.2) is 52.3 Å². The number of nitrogens with zero attached hydrogens (tertiary/aromatic N) is 2. The molecule has 0 saturated carbocycles. The second-order valence-corrected chi connectivity index (χ2v) is 8.25. The Kier molecular flexibility index (Phi) is 12.9. The number of nitro groups is 1. The van der Waals surface area contributed by atoms with Crippen LogP contribution >= 0.6 is 0 Å². The van der Waals surface area contributed by atoms with Crippen molar-refractivity contribution in [1.82, 2.24) is 10.2 Å². The Balaban J connectivity index is 3.03. The van der Waals surface area contributed by atoms with E-state index in [1.54, 1.807) is 30.2 Å². The molecule has 9 heteroatoms. The second-order valence-electron chi connectivity index (χ2n) is 8.25. The van der Waals surface area contributed by atoms with Crippen LogP contribution in [-0.2, 0) is 20.8 Å². The van der Waals surface area contributed by atoms with E-state index in [4.69, 9.17) is 0 Å². The summed E-state index contributed by atoms with van der Waals surface area (Å²) >= 11 is 0. The second kappa shape index (κ2) is 15.4. The van der Waals surface area contributed by atoms with Crippen molar-refractivity contribution in [3.63, 3.8) is 0 Å². The van der Waals surface area contributed by atoms with E-state index in [1.165, 1.54) is 12.1 Å². The average Bonchev–Trinajstić information content (AvgIpc) is 2.80. The molecule has 2 amide bonds. The van der Waals surface area contributed by atoms with Crippen LogP contribution in [0.5, 0.6) is 0 Å². The number of aliphatic carboxylic acids is 1. The summed E-state index contributed by atoms with van der Waals surface area (Å²) < 4.78 is 0. The van der Waals surface area contributed by atoms with Crippen LogP contribution in [0.3, 0.4) is 0 Å². The van der Waals surface area contributed by atoms with Gasteiger partial charge in [-0.05, 0) is 44.1 Å². The molecular formula is C25H35N3O6. The lowest BCUT2D eigenvalue weighted by atomic mass is 9.96. The highest BCUT2D eigenvalue weighted by molar-refractivity contribution is 5.90. The molecule has 0 radical (unpaired) electrons. The zero-order chi connectivity index (χ0) is 25.5. The number of carbonyl (C=O) groups is 3. The van der Waals surface area contributed by atoms with Crippen molar-refractivity contribution < 1.29 is 24.4 Å². The molecule has 1 rings (SSSR count). The molecule has 1 aromatic rings. The van der Waals surface area contributed by atoms with Gasteiger partial charge in [0.25, 0.3) is 5.69 Å². The van der Waals surface area contributed by atoms with Gasteiger partial charge in [0.2, 0.25) is 11.8 Å². The highest BCUT2D eigenvalue weighted by atomic mass is 16.6. The fourth-order valence-corrected chi connectivity index (χ4v) is 3.54. The molecular weight excluding hydrogens is 438 g/mol. The predicted molar refractivity (Wildman–Crippen MR) is 130 cm³/mol. The monoisotopic (exact) mass is 473 g/mol. The summed E-state index contributed by atoms with van der Waals surface area (Å²) in [7, 11) is 1.66. The number of hydrogen-bond acceptors (Lipinski definition) is 5. The van der Waals surface area contributed by atoms with Crippen LogP contribution in [0, 0.1) is 16.0 Å². The normalized spacial score (nSPS) is 12.3. The Morgan fingerprint density at radius 3 is 2.29 bits per heavy atom. The molecule has 0 unspecified atom stereocenters. The first-order chi connectivity index (χ1) is 16.2. The third-order valence-corrected chi connectivity index (χ3v) is 5.48. The summed E-state index contributed by atoms with van der Waals surface area (Å²) in [5, 5.41) is 22.9. The van der Waals surface area contributed by atoms with E-state index in [0.29, 0.717) is 31.4 Å². The number of benzene rings is 1. The standard InChI is InChI=1S/C25H35N3O6/c1-4-6-8-10-16-27(3)25(32)22(17-19-12-14-21(15-13-19)28(33)34)26-24(31)20(18-23(29)30)11-9-7-5-2/h4-5,12-15,20,22H,1-2,6-11,16-18H2,3H3,(H,26,31)(H,29,30)/t20-,22+/m1/s1. The maximum absolute atomic E-state index is 13.2. The fraction of sp³-hybridized carbons (Fsp3) is 0.480. The van der Waals surface area contributed by atoms with E-state index in [9.17, 15) is 29.6 Å². The number of allylic oxidation sites excluding steroid dienone is 2. The highest BCUT2D eigenvalue weighted by Crippen LogP contribution is 2.17. The molecule has 34 heavy (non-hydrogen) atoms. The number of amides is 2. The van der Waals surface area contributed by atoms with Crippen LogP contribution in [0.4, 0.5) is 5.69 Å². The zero-order valence-electron chi connectivity index (χ0n) is 19.8. The third-order valence-electron chi connectivity index (χ3n) is 5.48. The molecule has 9 nitrogen and oxygen atoms in total. The minimum Gasteiger partial charge on any atom is -0.481 e. The van der Waals surface area contributed by atoms with Crippen molar-refractivity contribution in [2.75, 3.05) is 13.6 Å². The van der Waals surface area contributed by atoms with E-state index in [2.05, 4.69) is 18.5 Å². The van der Waals surface area contributed by atoms with Crippen LogP contribution < -0.4 is 5.32 Å². The molecule has 0 fully saturated rings. The molecule has 2 N–H and O–H groups in total.